The van der Waals surface area contributed by atoms with Gasteiger partial charge in [-0.25, -0.2) is 4.98 Å². The molecule has 78 valence electrons. The van der Waals surface area contributed by atoms with Crippen LogP contribution in [0.3, 0.4) is 0 Å². The summed E-state index contributed by atoms with van der Waals surface area (Å²) in [4.78, 5) is 12.2. The lowest BCUT2D eigenvalue weighted by atomic mass is 10.3. The highest BCUT2D eigenvalue weighted by molar-refractivity contribution is 7.99. The maximum Gasteiger partial charge on any atom is 0.223 e. The Labute approximate surface area is 88.7 Å². The number of nitrogens with zero attached hydrogens (tertiary/aromatic N) is 3. The van der Waals surface area contributed by atoms with Crippen LogP contribution in [0.25, 0.3) is 0 Å². The fraction of sp³-hybridized carbons (Fsp3) is 0.667. The molecule has 14 heavy (non-hydrogen) atoms. The van der Waals surface area contributed by atoms with E-state index in [2.05, 4.69) is 35.7 Å². The van der Waals surface area contributed by atoms with Crippen molar-refractivity contribution < 1.29 is 0 Å². The van der Waals surface area contributed by atoms with Gasteiger partial charge >= 0.3 is 0 Å². The summed E-state index contributed by atoms with van der Waals surface area (Å²) in [5.41, 5.74) is 5.53. The molecule has 4 nitrogen and oxygen atoms in total. The summed E-state index contributed by atoms with van der Waals surface area (Å²) in [6.45, 7) is 8.31. The molecule has 0 radical (unpaired) electrons. The van der Waals surface area contributed by atoms with Gasteiger partial charge < -0.3 is 5.73 Å². The lowest BCUT2D eigenvalue weighted by molar-refractivity contribution is 0.798. The number of aromatic nitrogens is 3. The van der Waals surface area contributed by atoms with Crippen molar-refractivity contribution in [2.45, 2.75) is 38.2 Å². The zero-order valence-corrected chi connectivity index (χ0v) is 9.85. The third-order valence-corrected chi connectivity index (χ3v) is 2.71. The highest BCUT2D eigenvalue weighted by atomic mass is 32.2. The van der Waals surface area contributed by atoms with Crippen LogP contribution in [-0.2, 0) is 5.75 Å². The van der Waals surface area contributed by atoms with Crippen LogP contribution in [0.4, 0.5) is 5.95 Å². The number of aryl methyl sites for hydroxylation is 1. The van der Waals surface area contributed by atoms with Crippen LogP contribution < -0.4 is 5.73 Å². The van der Waals surface area contributed by atoms with Crippen molar-refractivity contribution >= 4 is 17.7 Å². The first kappa shape index (κ1) is 11.2. The number of thioether (sulfide) groups is 1. The molecule has 0 aliphatic heterocycles. The fourth-order valence-electron chi connectivity index (χ4n) is 0.905. The molecule has 1 aromatic rings. The number of nitrogen functional groups attached to an aromatic ring is 1. The van der Waals surface area contributed by atoms with Crippen molar-refractivity contribution in [3.8, 4) is 0 Å². The van der Waals surface area contributed by atoms with E-state index in [1.54, 1.807) is 11.8 Å². The predicted octanol–water partition coefficient (Wildman–Crippen LogP) is 1.79. The molecule has 0 spiro atoms. The predicted molar refractivity (Wildman–Crippen MR) is 60.0 cm³/mol. The Morgan fingerprint density at radius 3 is 2.36 bits per heavy atom. The van der Waals surface area contributed by atoms with Gasteiger partial charge in [0.1, 0.15) is 11.6 Å². The molecule has 1 rings (SSSR count). The van der Waals surface area contributed by atoms with E-state index in [9.17, 15) is 0 Å². The van der Waals surface area contributed by atoms with Crippen molar-refractivity contribution in [3.63, 3.8) is 0 Å². The van der Waals surface area contributed by atoms with Crippen molar-refractivity contribution in [1.82, 2.24) is 15.0 Å². The molecule has 0 saturated carbocycles. The Kier molecular flexibility index (Phi) is 3.31. The molecule has 0 amide bonds. The van der Waals surface area contributed by atoms with Crippen LogP contribution >= 0.6 is 11.8 Å². The van der Waals surface area contributed by atoms with Gasteiger partial charge in [-0.1, -0.05) is 20.8 Å². The highest BCUT2D eigenvalue weighted by Gasteiger charge is 2.12. The summed E-state index contributed by atoms with van der Waals surface area (Å²) in [7, 11) is 0. The second kappa shape index (κ2) is 4.13. The van der Waals surface area contributed by atoms with Gasteiger partial charge in [-0.05, 0) is 6.92 Å². The van der Waals surface area contributed by atoms with E-state index in [4.69, 9.17) is 5.73 Å². The summed E-state index contributed by atoms with van der Waals surface area (Å²) in [6.07, 6.45) is 0. The Hall–Kier alpha value is -0.840. The van der Waals surface area contributed by atoms with E-state index >= 15 is 0 Å². The number of hydrogen-bond acceptors (Lipinski definition) is 5. The zero-order chi connectivity index (χ0) is 10.8. The standard InChI is InChI=1S/C9H16N4S/c1-6-11-7(13-8(10)12-6)5-14-9(2,3)4/h5H2,1-4H3,(H2,10,11,12,13). The van der Waals surface area contributed by atoms with Crippen LogP contribution in [0.15, 0.2) is 0 Å². The largest absolute Gasteiger partial charge is 0.368 e. The van der Waals surface area contributed by atoms with Gasteiger partial charge in [-0.3, -0.25) is 0 Å². The maximum atomic E-state index is 5.53. The van der Waals surface area contributed by atoms with Gasteiger partial charge in [-0.2, -0.15) is 9.97 Å². The van der Waals surface area contributed by atoms with E-state index in [-0.39, 0.29) is 4.75 Å². The van der Waals surface area contributed by atoms with E-state index < -0.39 is 0 Å². The molecule has 1 heterocycles. The molecular weight excluding hydrogens is 196 g/mol. The minimum Gasteiger partial charge on any atom is -0.368 e. The SMILES string of the molecule is Cc1nc(N)nc(CSC(C)(C)C)n1. The first-order valence-electron chi connectivity index (χ1n) is 4.48. The van der Waals surface area contributed by atoms with E-state index in [1.165, 1.54) is 0 Å². The van der Waals surface area contributed by atoms with Gasteiger partial charge in [0.05, 0.1) is 5.75 Å². The first-order chi connectivity index (χ1) is 6.37. The third-order valence-electron chi connectivity index (χ3n) is 1.45. The van der Waals surface area contributed by atoms with Crippen molar-refractivity contribution in [1.29, 1.82) is 0 Å². The topological polar surface area (TPSA) is 64.7 Å². The fourth-order valence-corrected chi connectivity index (χ4v) is 1.60. The van der Waals surface area contributed by atoms with Crippen LogP contribution in [0.1, 0.15) is 32.4 Å². The van der Waals surface area contributed by atoms with Crippen LogP contribution in [-0.4, -0.2) is 19.7 Å². The van der Waals surface area contributed by atoms with Gasteiger partial charge in [0, 0.05) is 4.75 Å². The third kappa shape index (κ3) is 3.91. The van der Waals surface area contributed by atoms with E-state index in [1.807, 2.05) is 6.92 Å². The second-order valence-electron chi connectivity index (χ2n) is 4.06. The summed E-state index contributed by atoms with van der Waals surface area (Å²) in [5, 5.41) is 0. The molecule has 0 bridgehead atoms. The number of anilines is 1. The number of rotatable bonds is 2. The second-order valence-corrected chi connectivity index (χ2v) is 5.86. The van der Waals surface area contributed by atoms with E-state index in [0.717, 1.165) is 11.6 Å². The molecule has 0 aliphatic carbocycles. The molecular formula is C9H16N4S. The molecule has 1 aromatic heterocycles. The van der Waals surface area contributed by atoms with Gasteiger partial charge in [-0.15, -0.1) is 11.8 Å². The van der Waals surface area contributed by atoms with Crippen LogP contribution in [0.5, 0.6) is 0 Å². The van der Waals surface area contributed by atoms with Gasteiger partial charge in [0.2, 0.25) is 5.95 Å². The lowest BCUT2D eigenvalue weighted by Gasteiger charge is -2.16. The first-order valence-corrected chi connectivity index (χ1v) is 5.46. The summed E-state index contributed by atoms with van der Waals surface area (Å²) >= 11 is 1.80. The Morgan fingerprint density at radius 2 is 1.86 bits per heavy atom. The molecule has 0 aromatic carbocycles. The highest BCUT2D eigenvalue weighted by Crippen LogP contribution is 2.25. The van der Waals surface area contributed by atoms with Crippen molar-refractivity contribution in [2.24, 2.45) is 0 Å². The summed E-state index contributed by atoms with van der Waals surface area (Å²) in [6, 6.07) is 0. The smallest absolute Gasteiger partial charge is 0.223 e. The van der Waals surface area contributed by atoms with Crippen molar-refractivity contribution in [2.75, 3.05) is 5.73 Å². The van der Waals surface area contributed by atoms with Gasteiger partial charge in [0.15, 0.2) is 0 Å². The Balaban J connectivity index is 2.68. The molecule has 0 unspecified atom stereocenters. The Morgan fingerprint density at radius 1 is 1.21 bits per heavy atom. The quantitative estimate of drug-likeness (QED) is 0.809. The number of nitrogens with two attached hydrogens (primary N) is 1. The monoisotopic (exact) mass is 212 g/mol. The average molecular weight is 212 g/mol. The summed E-state index contributed by atoms with van der Waals surface area (Å²) < 4.78 is 0.218. The maximum absolute atomic E-state index is 5.53. The normalized spacial score (nSPS) is 11.7. The number of hydrogen-bond donors (Lipinski definition) is 1. The van der Waals surface area contributed by atoms with Gasteiger partial charge in [0.25, 0.3) is 0 Å². The van der Waals surface area contributed by atoms with Crippen molar-refractivity contribution in [3.05, 3.63) is 11.6 Å². The molecule has 0 aliphatic rings. The molecule has 0 fully saturated rings. The molecule has 0 saturated heterocycles. The minimum absolute atomic E-state index is 0.218. The molecule has 0 atom stereocenters. The average Bonchev–Trinajstić information content (AvgIpc) is 1.97. The Bertz CT molecular complexity index is 299. The minimum atomic E-state index is 0.218. The van der Waals surface area contributed by atoms with Crippen LogP contribution in [0.2, 0.25) is 0 Å². The lowest BCUT2D eigenvalue weighted by Crippen LogP contribution is -2.10. The summed E-state index contributed by atoms with van der Waals surface area (Å²) in [5.74, 6) is 2.52. The van der Waals surface area contributed by atoms with Crippen LogP contribution in [0, 0.1) is 6.92 Å². The molecule has 2 N–H and O–H groups in total. The molecule has 5 heteroatoms. The zero-order valence-electron chi connectivity index (χ0n) is 9.03. The van der Waals surface area contributed by atoms with E-state index in [0.29, 0.717) is 11.8 Å².